The predicted molar refractivity (Wildman–Crippen MR) is 89.5 cm³/mol. The molecule has 22 heavy (non-hydrogen) atoms. The van der Waals surface area contributed by atoms with Crippen LogP contribution < -0.4 is 10.1 Å². The number of halogens is 1. The monoisotopic (exact) mass is 325 g/mol. The predicted octanol–water partition coefficient (Wildman–Crippen LogP) is 2.96. The Labute approximate surface area is 137 Å². The van der Waals surface area contributed by atoms with Gasteiger partial charge in [-0.15, -0.1) is 12.4 Å². The molecule has 122 valence electrons. The lowest BCUT2D eigenvalue weighted by Crippen LogP contribution is -2.14. The van der Waals surface area contributed by atoms with Crippen LogP contribution >= 0.6 is 12.4 Å². The first kappa shape index (κ1) is 18.3. The Bertz CT molecular complexity index is 585. The number of hydrogen-bond acceptors (Lipinski definition) is 4. The highest BCUT2D eigenvalue weighted by Crippen LogP contribution is 2.26. The molecule has 0 fully saturated rings. The van der Waals surface area contributed by atoms with Crippen molar-refractivity contribution in [2.24, 2.45) is 5.92 Å². The Kier molecular flexibility index (Phi) is 7.21. The standard InChI is InChI=1S/C16H23N3O2.ClH/c1-12(2)11-19-7-6-14(18-19)10-17-9-13-4-5-15(20)16(8-13)21-3;/h4-8,12,17,20H,9-11H2,1-3H3;1H. The molecule has 0 radical (unpaired) electrons. The Hall–Kier alpha value is -1.72. The van der Waals surface area contributed by atoms with Gasteiger partial charge in [-0.25, -0.2) is 0 Å². The fourth-order valence-corrected chi connectivity index (χ4v) is 2.14. The maximum atomic E-state index is 9.55. The summed E-state index contributed by atoms with van der Waals surface area (Å²) >= 11 is 0. The van der Waals surface area contributed by atoms with Gasteiger partial charge in [0.05, 0.1) is 12.8 Å². The van der Waals surface area contributed by atoms with Crippen LogP contribution in [0, 0.1) is 5.92 Å². The Morgan fingerprint density at radius 2 is 2.05 bits per heavy atom. The zero-order chi connectivity index (χ0) is 15.2. The van der Waals surface area contributed by atoms with Gasteiger partial charge in [-0.1, -0.05) is 19.9 Å². The molecule has 0 unspecified atom stereocenters. The second-order valence-corrected chi connectivity index (χ2v) is 5.53. The van der Waals surface area contributed by atoms with Gasteiger partial charge in [0.1, 0.15) is 0 Å². The Morgan fingerprint density at radius 3 is 2.73 bits per heavy atom. The first-order chi connectivity index (χ1) is 10.1. The highest BCUT2D eigenvalue weighted by Gasteiger charge is 2.04. The number of nitrogens with one attached hydrogen (secondary N) is 1. The van der Waals surface area contributed by atoms with Gasteiger partial charge in [-0.2, -0.15) is 5.10 Å². The molecule has 0 amide bonds. The van der Waals surface area contributed by atoms with Gasteiger partial charge in [-0.3, -0.25) is 4.68 Å². The Balaban J connectivity index is 0.00000242. The third-order valence-electron chi connectivity index (χ3n) is 3.13. The highest BCUT2D eigenvalue weighted by atomic mass is 35.5. The number of aromatic hydroxyl groups is 1. The van der Waals surface area contributed by atoms with Gasteiger partial charge in [0.2, 0.25) is 0 Å². The van der Waals surface area contributed by atoms with Gasteiger partial charge < -0.3 is 15.2 Å². The summed E-state index contributed by atoms with van der Waals surface area (Å²) < 4.78 is 7.07. The van der Waals surface area contributed by atoms with Crippen LogP contribution in [-0.4, -0.2) is 22.0 Å². The molecule has 0 saturated carbocycles. The second kappa shape index (κ2) is 8.66. The third-order valence-corrected chi connectivity index (χ3v) is 3.13. The van der Waals surface area contributed by atoms with E-state index in [0.29, 0.717) is 24.8 Å². The number of methoxy groups -OCH3 is 1. The molecule has 2 N–H and O–H groups in total. The van der Waals surface area contributed by atoms with Gasteiger partial charge in [0, 0.05) is 25.8 Å². The molecule has 2 aromatic rings. The molecule has 0 aliphatic heterocycles. The van der Waals surface area contributed by atoms with Crippen molar-refractivity contribution in [2.75, 3.05) is 7.11 Å². The quantitative estimate of drug-likeness (QED) is 0.821. The molecule has 5 nitrogen and oxygen atoms in total. The summed E-state index contributed by atoms with van der Waals surface area (Å²) in [5.41, 5.74) is 2.09. The minimum absolute atomic E-state index is 0. The van der Waals surface area contributed by atoms with Crippen molar-refractivity contribution in [3.63, 3.8) is 0 Å². The van der Waals surface area contributed by atoms with Gasteiger partial charge in [0.15, 0.2) is 11.5 Å². The van der Waals surface area contributed by atoms with Crippen LogP contribution in [0.1, 0.15) is 25.1 Å². The fraction of sp³-hybridized carbons (Fsp3) is 0.438. The lowest BCUT2D eigenvalue weighted by Gasteiger charge is -2.07. The van der Waals surface area contributed by atoms with Crippen LogP contribution in [0.25, 0.3) is 0 Å². The molecule has 0 bridgehead atoms. The van der Waals surface area contributed by atoms with E-state index < -0.39 is 0 Å². The summed E-state index contributed by atoms with van der Waals surface area (Å²) in [5, 5.41) is 17.4. The van der Waals surface area contributed by atoms with Gasteiger partial charge >= 0.3 is 0 Å². The van der Waals surface area contributed by atoms with E-state index in [9.17, 15) is 5.11 Å². The zero-order valence-electron chi connectivity index (χ0n) is 13.2. The van der Waals surface area contributed by atoms with E-state index in [-0.39, 0.29) is 18.2 Å². The van der Waals surface area contributed by atoms with E-state index in [1.165, 1.54) is 0 Å². The van der Waals surface area contributed by atoms with E-state index in [2.05, 4.69) is 24.3 Å². The number of ether oxygens (including phenoxy) is 1. The van der Waals surface area contributed by atoms with E-state index in [4.69, 9.17) is 4.74 Å². The molecular weight excluding hydrogens is 302 g/mol. The van der Waals surface area contributed by atoms with Crippen LogP contribution in [0.4, 0.5) is 0 Å². The summed E-state index contributed by atoms with van der Waals surface area (Å²) in [6.45, 7) is 6.72. The van der Waals surface area contributed by atoms with Crippen molar-refractivity contribution in [3.05, 3.63) is 41.7 Å². The van der Waals surface area contributed by atoms with Crippen molar-refractivity contribution >= 4 is 12.4 Å². The van der Waals surface area contributed by atoms with Gasteiger partial charge in [0.25, 0.3) is 0 Å². The maximum absolute atomic E-state index is 9.55. The largest absolute Gasteiger partial charge is 0.504 e. The number of hydrogen-bond donors (Lipinski definition) is 2. The molecule has 6 heteroatoms. The molecule has 1 aromatic carbocycles. The maximum Gasteiger partial charge on any atom is 0.160 e. The smallest absolute Gasteiger partial charge is 0.160 e. The summed E-state index contributed by atoms with van der Waals surface area (Å²) in [7, 11) is 1.55. The number of rotatable bonds is 7. The molecule has 0 saturated heterocycles. The second-order valence-electron chi connectivity index (χ2n) is 5.53. The molecule has 0 aliphatic carbocycles. The number of phenolic OH excluding ortho intramolecular Hbond substituents is 1. The summed E-state index contributed by atoms with van der Waals surface area (Å²) in [5.74, 6) is 1.25. The van der Waals surface area contributed by atoms with Crippen LogP contribution in [-0.2, 0) is 19.6 Å². The average Bonchev–Trinajstić information content (AvgIpc) is 2.87. The molecule has 0 atom stereocenters. The molecule has 2 rings (SSSR count). The lowest BCUT2D eigenvalue weighted by molar-refractivity contribution is 0.372. The summed E-state index contributed by atoms with van der Waals surface area (Å²) in [4.78, 5) is 0. The van der Waals surface area contributed by atoms with Crippen LogP contribution in [0.15, 0.2) is 30.5 Å². The van der Waals surface area contributed by atoms with Crippen molar-refractivity contribution in [3.8, 4) is 11.5 Å². The highest BCUT2D eigenvalue weighted by molar-refractivity contribution is 5.85. The summed E-state index contributed by atoms with van der Waals surface area (Å²) in [6, 6.07) is 7.39. The number of benzene rings is 1. The topological polar surface area (TPSA) is 59.3 Å². The minimum atomic E-state index is 0. The van der Waals surface area contributed by atoms with E-state index in [1.54, 1.807) is 13.2 Å². The molecule has 0 spiro atoms. The molecular formula is C16H24ClN3O2. The van der Waals surface area contributed by atoms with Crippen molar-refractivity contribution in [1.29, 1.82) is 0 Å². The number of nitrogens with zero attached hydrogens (tertiary/aromatic N) is 2. The number of aromatic nitrogens is 2. The third kappa shape index (κ3) is 5.24. The summed E-state index contributed by atoms with van der Waals surface area (Å²) in [6.07, 6.45) is 2.01. The van der Waals surface area contributed by atoms with Crippen LogP contribution in [0.2, 0.25) is 0 Å². The zero-order valence-corrected chi connectivity index (χ0v) is 14.1. The van der Waals surface area contributed by atoms with Crippen LogP contribution in [0.3, 0.4) is 0 Å². The van der Waals surface area contributed by atoms with Crippen molar-refractivity contribution in [1.82, 2.24) is 15.1 Å². The van der Waals surface area contributed by atoms with Crippen molar-refractivity contribution < 1.29 is 9.84 Å². The lowest BCUT2D eigenvalue weighted by atomic mass is 10.2. The molecule has 1 aromatic heterocycles. The average molecular weight is 326 g/mol. The Morgan fingerprint density at radius 1 is 1.27 bits per heavy atom. The normalized spacial score (nSPS) is 10.5. The van der Waals surface area contributed by atoms with Gasteiger partial charge in [-0.05, 0) is 29.7 Å². The first-order valence-electron chi connectivity index (χ1n) is 7.17. The molecule has 1 heterocycles. The van der Waals surface area contributed by atoms with Crippen LogP contribution in [0.5, 0.6) is 11.5 Å². The SMILES string of the molecule is COc1cc(CNCc2ccn(CC(C)C)n2)ccc1O.Cl. The van der Waals surface area contributed by atoms with E-state index in [0.717, 1.165) is 17.8 Å². The fourth-order valence-electron chi connectivity index (χ4n) is 2.14. The van der Waals surface area contributed by atoms with E-state index in [1.807, 2.05) is 29.1 Å². The number of phenols is 1. The van der Waals surface area contributed by atoms with Crippen molar-refractivity contribution in [2.45, 2.75) is 33.5 Å². The first-order valence-corrected chi connectivity index (χ1v) is 7.17. The minimum Gasteiger partial charge on any atom is -0.504 e. The molecule has 0 aliphatic rings. The van der Waals surface area contributed by atoms with E-state index >= 15 is 0 Å².